The Morgan fingerprint density at radius 3 is 2.09 bits per heavy atom. The van der Waals surface area contributed by atoms with E-state index in [1.165, 1.54) is 47.8 Å². The molecule has 5 nitrogen and oxygen atoms in total. The van der Waals surface area contributed by atoms with Crippen LogP contribution in [0.3, 0.4) is 0 Å². The molecule has 2 rings (SSSR count). The van der Waals surface area contributed by atoms with Crippen molar-refractivity contribution in [3.05, 3.63) is 65.5 Å². The number of benzene rings is 2. The molecule has 1 amide bonds. The number of nitrogens with two attached hydrogens (primary N) is 1. The highest BCUT2D eigenvalue weighted by molar-refractivity contribution is 7.89. The number of nitrogens with zero attached hydrogens (tertiary/aromatic N) is 1. The third-order valence-electron chi connectivity index (χ3n) is 3.71. The number of carbonyl (C=O) groups excluding carboxylic acids is 1. The standard InChI is InChI=1S/C16H17FN2O3S/c1-11(12-3-7-14(17)8-4-12)19(2)23(21,22)15-9-5-13(6-10-15)16(18)20/h3-11H,1-2H3,(H2,18,20). The van der Waals surface area contributed by atoms with Gasteiger partial charge in [-0.2, -0.15) is 4.31 Å². The first kappa shape index (κ1) is 17.1. The summed E-state index contributed by atoms with van der Waals surface area (Å²) in [6.45, 7) is 1.71. The fraction of sp³-hybridized carbons (Fsp3) is 0.188. The molecule has 2 aromatic rings. The number of rotatable bonds is 5. The minimum atomic E-state index is -3.75. The monoisotopic (exact) mass is 336 g/mol. The lowest BCUT2D eigenvalue weighted by Gasteiger charge is -2.24. The largest absolute Gasteiger partial charge is 0.366 e. The van der Waals surface area contributed by atoms with Gasteiger partial charge in [0.15, 0.2) is 0 Å². The molecule has 0 bridgehead atoms. The van der Waals surface area contributed by atoms with Crippen LogP contribution < -0.4 is 5.73 Å². The van der Waals surface area contributed by atoms with Crippen LogP contribution in [-0.4, -0.2) is 25.7 Å². The van der Waals surface area contributed by atoms with E-state index >= 15 is 0 Å². The molecule has 0 aromatic heterocycles. The zero-order valence-corrected chi connectivity index (χ0v) is 13.5. The summed E-state index contributed by atoms with van der Waals surface area (Å²) >= 11 is 0. The van der Waals surface area contributed by atoms with Gasteiger partial charge in [-0.1, -0.05) is 12.1 Å². The van der Waals surface area contributed by atoms with Crippen LogP contribution in [0.25, 0.3) is 0 Å². The van der Waals surface area contributed by atoms with Gasteiger partial charge in [0.1, 0.15) is 5.82 Å². The van der Waals surface area contributed by atoms with Crippen LogP contribution in [0.4, 0.5) is 4.39 Å². The fourth-order valence-electron chi connectivity index (χ4n) is 2.12. The van der Waals surface area contributed by atoms with Crippen LogP contribution in [0.15, 0.2) is 53.4 Å². The van der Waals surface area contributed by atoms with Crippen molar-refractivity contribution in [3.63, 3.8) is 0 Å². The summed E-state index contributed by atoms with van der Waals surface area (Å²) < 4.78 is 39.4. The Labute approximate surface area is 134 Å². The summed E-state index contributed by atoms with van der Waals surface area (Å²) in [6, 6.07) is 10.6. The molecule has 0 aliphatic heterocycles. The van der Waals surface area contributed by atoms with E-state index in [-0.39, 0.29) is 16.3 Å². The molecule has 0 saturated heterocycles. The molecule has 2 aromatic carbocycles. The van der Waals surface area contributed by atoms with E-state index in [9.17, 15) is 17.6 Å². The molecule has 1 atom stereocenters. The Kier molecular flexibility index (Phi) is 4.82. The van der Waals surface area contributed by atoms with Gasteiger partial charge in [-0.3, -0.25) is 4.79 Å². The first-order chi connectivity index (χ1) is 10.7. The quantitative estimate of drug-likeness (QED) is 0.910. The van der Waals surface area contributed by atoms with Gasteiger partial charge in [-0.25, -0.2) is 12.8 Å². The minimum Gasteiger partial charge on any atom is -0.366 e. The number of halogens is 1. The Morgan fingerprint density at radius 1 is 1.09 bits per heavy atom. The highest BCUT2D eigenvalue weighted by Gasteiger charge is 2.26. The first-order valence-corrected chi connectivity index (χ1v) is 8.31. The molecule has 0 heterocycles. The van der Waals surface area contributed by atoms with Gasteiger partial charge in [0, 0.05) is 18.7 Å². The van der Waals surface area contributed by atoms with Crippen molar-refractivity contribution >= 4 is 15.9 Å². The molecule has 7 heteroatoms. The third-order valence-corrected chi connectivity index (χ3v) is 5.66. The van der Waals surface area contributed by atoms with E-state index in [2.05, 4.69) is 0 Å². The van der Waals surface area contributed by atoms with Crippen molar-refractivity contribution in [2.45, 2.75) is 17.9 Å². The molecule has 0 fully saturated rings. The topological polar surface area (TPSA) is 80.5 Å². The third kappa shape index (κ3) is 3.57. The average molecular weight is 336 g/mol. The van der Waals surface area contributed by atoms with Crippen molar-refractivity contribution in [1.29, 1.82) is 0 Å². The molecule has 0 radical (unpaired) electrons. The van der Waals surface area contributed by atoms with Crippen LogP contribution >= 0.6 is 0 Å². The number of hydrogen-bond donors (Lipinski definition) is 1. The molecule has 2 N–H and O–H groups in total. The van der Waals surface area contributed by atoms with E-state index in [1.54, 1.807) is 19.1 Å². The summed E-state index contributed by atoms with van der Waals surface area (Å²) in [4.78, 5) is 11.1. The lowest BCUT2D eigenvalue weighted by molar-refractivity contribution is 0.1000. The first-order valence-electron chi connectivity index (χ1n) is 6.87. The van der Waals surface area contributed by atoms with Gasteiger partial charge < -0.3 is 5.73 Å². The summed E-state index contributed by atoms with van der Waals surface area (Å²) in [5.74, 6) is -1.00. The number of carbonyl (C=O) groups is 1. The van der Waals surface area contributed by atoms with Crippen molar-refractivity contribution in [2.24, 2.45) is 5.73 Å². The smallest absolute Gasteiger partial charge is 0.248 e. The second kappa shape index (κ2) is 6.47. The average Bonchev–Trinajstić information content (AvgIpc) is 2.54. The molecule has 1 unspecified atom stereocenters. The summed E-state index contributed by atoms with van der Waals surface area (Å²) in [5, 5.41) is 0. The minimum absolute atomic E-state index is 0.0546. The molecule has 0 aliphatic rings. The Bertz CT molecular complexity index is 802. The highest BCUT2D eigenvalue weighted by Crippen LogP contribution is 2.26. The maximum Gasteiger partial charge on any atom is 0.248 e. The lowest BCUT2D eigenvalue weighted by Crippen LogP contribution is -2.29. The molecule has 0 saturated carbocycles. The molecule has 0 aliphatic carbocycles. The van der Waals surface area contributed by atoms with Gasteiger partial charge in [0.2, 0.25) is 15.9 Å². The van der Waals surface area contributed by atoms with Crippen molar-refractivity contribution in [1.82, 2.24) is 4.31 Å². The van der Waals surface area contributed by atoms with Crippen molar-refractivity contribution < 1.29 is 17.6 Å². The number of hydrogen-bond acceptors (Lipinski definition) is 3. The van der Waals surface area contributed by atoms with E-state index < -0.39 is 22.0 Å². The zero-order chi connectivity index (χ0) is 17.2. The Hall–Kier alpha value is -2.25. The van der Waals surface area contributed by atoms with Crippen molar-refractivity contribution in [3.8, 4) is 0 Å². The van der Waals surface area contributed by atoms with E-state index in [1.807, 2.05) is 0 Å². The van der Waals surface area contributed by atoms with Crippen molar-refractivity contribution in [2.75, 3.05) is 7.05 Å². The fourth-order valence-corrected chi connectivity index (χ4v) is 3.47. The maximum atomic E-state index is 13.0. The highest BCUT2D eigenvalue weighted by atomic mass is 32.2. The van der Waals surface area contributed by atoms with Gasteiger partial charge in [-0.05, 0) is 48.9 Å². The summed E-state index contributed by atoms with van der Waals surface area (Å²) in [5.41, 5.74) is 6.05. The van der Waals surface area contributed by atoms with Crippen LogP contribution in [0.5, 0.6) is 0 Å². The van der Waals surface area contributed by atoms with E-state index in [0.717, 1.165) is 0 Å². The molecule has 122 valence electrons. The predicted molar refractivity (Wildman–Crippen MR) is 84.7 cm³/mol. The Balaban J connectivity index is 2.30. The van der Waals surface area contributed by atoms with Gasteiger partial charge in [-0.15, -0.1) is 0 Å². The molecule has 23 heavy (non-hydrogen) atoms. The molecule has 0 spiro atoms. The Morgan fingerprint density at radius 2 is 1.61 bits per heavy atom. The summed E-state index contributed by atoms with van der Waals surface area (Å²) in [7, 11) is -2.30. The lowest BCUT2D eigenvalue weighted by atomic mass is 10.1. The maximum absolute atomic E-state index is 13.0. The SMILES string of the molecule is CC(c1ccc(F)cc1)N(C)S(=O)(=O)c1ccc(C(N)=O)cc1. The number of sulfonamides is 1. The molecular weight excluding hydrogens is 319 g/mol. The van der Waals surface area contributed by atoms with Crippen LogP contribution in [0.2, 0.25) is 0 Å². The van der Waals surface area contributed by atoms with Crippen LogP contribution in [0, 0.1) is 5.82 Å². The van der Waals surface area contributed by atoms with Crippen LogP contribution in [0.1, 0.15) is 28.9 Å². The van der Waals surface area contributed by atoms with Crippen LogP contribution in [-0.2, 0) is 10.0 Å². The zero-order valence-electron chi connectivity index (χ0n) is 12.7. The number of primary amides is 1. The summed E-state index contributed by atoms with van der Waals surface area (Å²) in [6.07, 6.45) is 0. The predicted octanol–water partition coefficient (Wildman–Crippen LogP) is 2.31. The van der Waals surface area contributed by atoms with E-state index in [0.29, 0.717) is 5.56 Å². The van der Waals surface area contributed by atoms with Gasteiger partial charge in [0.25, 0.3) is 0 Å². The molecular formula is C16H17FN2O3S. The second-order valence-corrected chi connectivity index (χ2v) is 7.13. The second-order valence-electron chi connectivity index (χ2n) is 5.14. The van der Waals surface area contributed by atoms with Gasteiger partial charge in [0.05, 0.1) is 4.90 Å². The normalized spacial score (nSPS) is 13.0. The van der Waals surface area contributed by atoms with E-state index in [4.69, 9.17) is 5.73 Å². The number of amides is 1. The van der Waals surface area contributed by atoms with Gasteiger partial charge >= 0.3 is 0 Å².